The maximum Gasteiger partial charge on any atom is 0.151 e. The van der Waals surface area contributed by atoms with Crippen molar-refractivity contribution >= 4 is 21.2 Å². The van der Waals surface area contributed by atoms with Crippen molar-refractivity contribution in [2.75, 3.05) is 12.8 Å². The highest BCUT2D eigenvalue weighted by molar-refractivity contribution is 7.91. The average molecular weight is 261 g/mol. The van der Waals surface area contributed by atoms with Gasteiger partial charge in [-0.05, 0) is 37.4 Å². The first kappa shape index (κ1) is 13.7. The van der Waals surface area contributed by atoms with Crippen LogP contribution in [0.15, 0.2) is 11.4 Å². The quantitative estimate of drug-likeness (QED) is 0.883. The van der Waals surface area contributed by atoms with E-state index in [-0.39, 0.29) is 6.04 Å². The summed E-state index contributed by atoms with van der Waals surface area (Å²) in [6, 6.07) is 1.95. The molecule has 0 saturated carbocycles. The number of hydrogen-bond acceptors (Lipinski definition) is 4. The van der Waals surface area contributed by atoms with Crippen LogP contribution in [0.3, 0.4) is 0 Å². The van der Waals surface area contributed by atoms with Crippen LogP contribution in [-0.2, 0) is 9.84 Å². The topological polar surface area (TPSA) is 46.2 Å². The molecular formula is C11H19NO2S2. The lowest BCUT2D eigenvalue weighted by molar-refractivity contribution is 0.514. The molecule has 0 aliphatic heterocycles. The van der Waals surface area contributed by atoms with Crippen LogP contribution < -0.4 is 5.32 Å². The second-order valence-electron chi connectivity index (χ2n) is 4.06. The van der Waals surface area contributed by atoms with E-state index in [1.54, 1.807) is 18.3 Å². The van der Waals surface area contributed by atoms with Gasteiger partial charge in [-0.25, -0.2) is 8.42 Å². The molecule has 0 aromatic carbocycles. The molecule has 3 nitrogen and oxygen atoms in total. The first-order valence-electron chi connectivity index (χ1n) is 5.33. The van der Waals surface area contributed by atoms with Crippen LogP contribution in [0, 0.1) is 6.92 Å². The highest BCUT2D eigenvalue weighted by Gasteiger charge is 2.27. The molecule has 5 heteroatoms. The van der Waals surface area contributed by atoms with Gasteiger partial charge in [-0.3, -0.25) is 0 Å². The van der Waals surface area contributed by atoms with E-state index in [2.05, 4.69) is 11.4 Å². The van der Waals surface area contributed by atoms with Crippen LogP contribution in [0.4, 0.5) is 0 Å². The molecular weight excluding hydrogens is 242 g/mol. The molecule has 0 aliphatic rings. The third-order valence-electron chi connectivity index (χ3n) is 2.68. The molecule has 1 aromatic heterocycles. The van der Waals surface area contributed by atoms with Crippen LogP contribution in [0.1, 0.15) is 30.3 Å². The lowest BCUT2D eigenvalue weighted by Crippen LogP contribution is -2.34. The lowest BCUT2D eigenvalue weighted by atomic mass is 10.1. The van der Waals surface area contributed by atoms with E-state index in [1.807, 2.05) is 19.2 Å². The molecule has 0 saturated heterocycles. The highest BCUT2D eigenvalue weighted by atomic mass is 32.2. The second kappa shape index (κ2) is 5.29. The maximum atomic E-state index is 11.6. The Kier molecular flexibility index (Phi) is 4.52. The number of aryl methyl sites for hydroxylation is 1. The van der Waals surface area contributed by atoms with Crippen molar-refractivity contribution in [2.45, 2.75) is 32.1 Å². The number of rotatable bonds is 5. The van der Waals surface area contributed by atoms with E-state index >= 15 is 0 Å². The number of sulfone groups is 1. The fourth-order valence-corrected chi connectivity index (χ4v) is 3.14. The summed E-state index contributed by atoms with van der Waals surface area (Å²) in [7, 11) is -3.02. The Morgan fingerprint density at radius 3 is 2.50 bits per heavy atom. The molecule has 0 aliphatic carbocycles. The molecule has 16 heavy (non-hydrogen) atoms. The third-order valence-corrected chi connectivity index (χ3v) is 5.18. The smallest absolute Gasteiger partial charge is 0.151 e. The van der Waals surface area contributed by atoms with Gasteiger partial charge in [0.2, 0.25) is 0 Å². The van der Waals surface area contributed by atoms with Crippen molar-refractivity contribution in [3.63, 3.8) is 0 Å². The fraction of sp³-hybridized carbons (Fsp3) is 0.636. The van der Waals surface area contributed by atoms with Crippen molar-refractivity contribution in [2.24, 2.45) is 0 Å². The molecule has 0 fully saturated rings. The predicted molar refractivity (Wildman–Crippen MR) is 69.8 cm³/mol. The van der Waals surface area contributed by atoms with E-state index in [4.69, 9.17) is 0 Å². The van der Waals surface area contributed by atoms with Crippen molar-refractivity contribution in [1.82, 2.24) is 5.32 Å². The Bertz CT molecular complexity index is 437. The third kappa shape index (κ3) is 3.30. The minimum Gasteiger partial charge on any atom is -0.309 e. The SMILES string of the molecule is CCNC(c1csc(C)c1)C(C)S(C)(=O)=O. The van der Waals surface area contributed by atoms with Gasteiger partial charge in [-0.15, -0.1) is 11.3 Å². The number of hydrogen-bond donors (Lipinski definition) is 1. The van der Waals surface area contributed by atoms with Crippen molar-refractivity contribution in [1.29, 1.82) is 0 Å². The molecule has 1 rings (SSSR count). The molecule has 1 aromatic rings. The standard InChI is InChI=1S/C11H19NO2S2/c1-5-12-11(9(3)16(4,13)14)10-6-8(2)15-7-10/h6-7,9,11-12H,5H2,1-4H3. The Hall–Kier alpha value is -0.390. The maximum absolute atomic E-state index is 11.6. The zero-order valence-electron chi connectivity index (χ0n) is 10.1. The Morgan fingerprint density at radius 2 is 2.12 bits per heavy atom. The van der Waals surface area contributed by atoms with E-state index < -0.39 is 15.1 Å². The fourth-order valence-electron chi connectivity index (χ4n) is 1.65. The largest absolute Gasteiger partial charge is 0.309 e. The predicted octanol–water partition coefficient (Wildman–Crippen LogP) is 2.14. The van der Waals surface area contributed by atoms with Crippen LogP contribution in [0.2, 0.25) is 0 Å². The minimum atomic E-state index is -3.02. The lowest BCUT2D eigenvalue weighted by Gasteiger charge is -2.22. The summed E-state index contributed by atoms with van der Waals surface area (Å²) in [6.07, 6.45) is 1.29. The minimum absolute atomic E-state index is 0.107. The zero-order chi connectivity index (χ0) is 12.3. The summed E-state index contributed by atoms with van der Waals surface area (Å²) in [4.78, 5) is 1.21. The van der Waals surface area contributed by atoms with Crippen LogP contribution in [0.5, 0.6) is 0 Å². The van der Waals surface area contributed by atoms with Gasteiger partial charge in [0.25, 0.3) is 0 Å². The first-order chi connectivity index (χ1) is 7.36. The van der Waals surface area contributed by atoms with Crippen molar-refractivity contribution in [3.05, 3.63) is 21.9 Å². The van der Waals surface area contributed by atoms with Crippen molar-refractivity contribution in [3.8, 4) is 0 Å². The second-order valence-corrected chi connectivity index (χ2v) is 7.58. The van der Waals surface area contributed by atoms with Crippen LogP contribution in [-0.4, -0.2) is 26.5 Å². The van der Waals surface area contributed by atoms with Gasteiger partial charge < -0.3 is 5.32 Å². The van der Waals surface area contributed by atoms with E-state index in [1.165, 1.54) is 11.1 Å². The normalized spacial score (nSPS) is 16.0. The van der Waals surface area contributed by atoms with Gasteiger partial charge in [0.15, 0.2) is 9.84 Å². The van der Waals surface area contributed by atoms with Crippen LogP contribution >= 0.6 is 11.3 Å². The summed E-state index contributed by atoms with van der Waals surface area (Å²) in [5.41, 5.74) is 1.07. The number of nitrogens with one attached hydrogen (secondary N) is 1. The van der Waals surface area contributed by atoms with Crippen LogP contribution in [0.25, 0.3) is 0 Å². The van der Waals surface area contributed by atoms with Gasteiger partial charge in [0.1, 0.15) is 0 Å². The summed E-state index contributed by atoms with van der Waals surface area (Å²) in [5, 5.41) is 4.88. The average Bonchev–Trinajstić information content (AvgIpc) is 2.58. The zero-order valence-corrected chi connectivity index (χ0v) is 11.8. The molecule has 0 amide bonds. The summed E-state index contributed by atoms with van der Waals surface area (Å²) in [5.74, 6) is 0. The molecule has 0 bridgehead atoms. The van der Waals surface area contributed by atoms with Gasteiger partial charge in [-0.2, -0.15) is 0 Å². The summed E-state index contributed by atoms with van der Waals surface area (Å²) >= 11 is 1.65. The molecule has 1 heterocycles. The Labute approximate surface area is 102 Å². The molecule has 1 N–H and O–H groups in total. The summed E-state index contributed by atoms with van der Waals surface area (Å²) in [6.45, 7) is 6.54. The summed E-state index contributed by atoms with van der Waals surface area (Å²) < 4.78 is 23.2. The van der Waals surface area contributed by atoms with E-state index in [0.29, 0.717) is 0 Å². The van der Waals surface area contributed by atoms with Crippen molar-refractivity contribution < 1.29 is 8.42 Å². The van der Waals surface area contributed by atoms with Gasteiger partial charge >= 0.3 is 0 Å². The van der Waals surface area contributed by atoms with Gasteiger partial charge in [0, 0.05) is 17.2 Å². The van der Waals surface area contributed by atoms with Gasteiger partial charge in [0.05, 0.1) is 5.25 Å². The Morgan fingerprint density at radius 1 is 1.50 bits per heavy atom. The molecule has 2 unspecified atom stereocenters. The molecule has 92 valence electrons. The molecule has 0 spiro atoms. The first-order valence-corrected chi connectivity index (χ1v) is 8.17. The Balaban J connectivity index is 3.00. The molecule has 0 radical (unpaired) electrons. The number of thiophene rings is 1. The monoisotopic (exact) mass is 261 g/mol. The van der Waals surface area contributed by atoms with Gasteiger partial charge in [-0.1, -0.05) is 6.92 Å². The molecule has 2 atom stereocenters. The van der Waals surface area contributed by atoms with E-state index in [0.717, 1.165) is 12.1 Å². The highest BCUT2D eigenvalue weighted by Crippen LogP contribution is 2.25. The van der Waals surface area contributed by atoms with E-state index in [9.17, 15) is 8.42 Å².